The zero-order valence-electron chi connectivity index (χ0n) is 27.5. The number of nitrogens with one attached hydrogen (secondary N) is 3. The molecule has 0 spiro atoms. The number of aliphatic imine (C=N–C) groups is 1. The summed E-state index contributed by atoms with van der Waals surface area (Å²) >= 11 is 0. The lowest BCUT2D eigenvalue weighted by atomic mass is 9.94. The Morgan fingerprint density at radius 2 is 1.78 bits per heavy atom. The molecule has 1 aliphatic carbocycles. The number of carboxylic acid groups (broad SMARTS) is 1. The van der Waals surface area contributed by atoms with Gasteiger partial charge in [-0.3, -0.25) is 10.4 Å². The van der Waals surface area contributed by atoms with Crippen molar-refractivity contribution >= 4 is 28.4 Å². The van der Waals surface area contributed by atoms with Gasteiger partial charge < -0.3 is 25.6 Å². The van der Waals surface area contributed by atoms with Crippen LogP contribution in [0, 0.1) is 20.8 Å². The number of carbonyl (C=O) groups excluding carboxylic acids is 1. The van der Waals surface area contributed by atoms with E-state index in [-0.39, 0.29) is 24.5 Å². The molecule has 1 aliphatic heterocycles. The van der Waals surface area contributed by atoms with E-state index in [4.69, 9.17) is 15.2 Å². The summed E-state index contributed by atoms with van der Waals surface area (Å²) in [5, 5.41) is 11.7. The number of fused-ring (bicyclic) bond motifs is 1. The van der Waals surface area contributed by atoms with Crippen LogP contribution in [0.5, 0.6) is 5.75 Å². The van der Waals surface area contributed by atoms with E-state index in [9.17, 15) is 23.1 Å². The zero-order chi connectivity index (χ0) is 33.9. The van der Waals surface area contributed by atoms with Crippen molar-refractivity contribution in [3.8, 4) is 5.75 Å². The first-order valence-corrected chi connectivity index (χ1v) is 17.2. The maximum atomic E-state index is 13.1. The van der Waals surface area contributed by atoms with Gasteiger partial charge in [0.2, 0.25) is 0 Å². The van der Waals surface area contributed by atoms with Crippen LogP contribution >= 0.6 is 0 Å². The Balaban J connectivity index is 0.000000724. The predicted octanol–water partition coefficient (Wildman–Crippen LogP) is 4.57. The molecule has 2 aromatic rings. The van der Waals surface area contributed by atoms with Gasteiger partial charge in [-0.15, -0.1) is 4.83 Å². The highest BCUT2D eigenvalue weighted by molar-refractivity contribution is 7.89. The van der Waals surface area contributed by atoms with E-state index in [0.717, 1.165) is 22.4 Å². The molecular formula is C33H49N5O7S. The van der Waals surface area contributed by atoms with Crippen molar-refractivity contribution in [3.63, 3.8) is 0 Å². The fourth-order valence-corrected chi connectivity index (χ4v) is 6.99. The van der Waals surface area contributed by atoms with Crippen LogP contribution in [0.25, 0.3) is 0 Å². The van der Waals surface area contributed by atoms with E-state index in [0.29, 0.717) is 30.0 Å². The van der Waals surface area contributed by atoms with Gasteiger partial charge in [0.15, 0.2) is 0 Å². The Morgan fingerprint density at radius 1 is 1.11 bits per heavy atom. The standard InChI is InChI=1S/C27H36N4O7S.C6H13N/c1-17-18(2)24(19(3)21-14-27(4,5)38-23(17)21)39(35,36)31-29-16-28-13-9-12-22(25(32)33)30-26(34)37-15-20-10-7-6-8-11-20;7-6-4-2-1-3-5-6/h6-8,10-11,16,22,31H,9,12-15H2,1-5H3,(H,28,29)(H,30,34)(H,32,33);6H,1-5,7H2/t22-;/m0./s1. The summed E-state index contributed by atoms with van der Waals surface area (Å²) in [5.74, 6) is -0.437. The maximum Gasteiger partial charge on any atom is 0.408 e. The first-order valence-electron chi connectivity index (χ1n) is 15.7. The smallest absolute Gasteiger partial charge is 0.408 e. The Morgan fingerprint density at radius 3 is 2.39 bits per heavy atom. The van der Waals surface area contributed by atoms with E-state index >= 15 is 0 Å². The van der Waals surface area contributed by atoms with Gasteiger partial charge in [0.05, 0.1) is 11.2 Å². The molecule has 4 rings (SSSR count). The van der Waals surface area contributed by atoms with Crippen LogP contribution in [0.4, 0.5) is 4.79 Å². The number of hydrazine groups is 1. The number of sulfonamides is 1. The van der Waals surface area contributed by atoms with Crippen LogP contribution in [0.15, 0.2) is 40.2 Å². The van der Waals surface area contributed by atoms with Crippen LogP contribution in [0.2, 0.25) is 0 Å². The molecule has 0 radical (unpaired) electrons. The maximum absolute atomic E-state index is 13.1. The molecule has 2 aliphatic rings. The summed E-state index contributed by atoms with van der Waals surface area (Å²) in [7, 11) is -3.91. The van der Waals surface area contributed by atoms with Crippen molar-refractivity contribution in [1.29, 1.82) is 0 Å². The van der Waals surface area contributed by atoms with Crippen molar-refractivity contribution in [3.05, 3.63) is 58.1 Å². The topological polar surface area (TPSA) is 181 Å². The number of hydrogen-bond acceptors (Lipinski definition) is 8. The van der Waals surface area contributed by atoms with Gasteiger partial charge in [-0.25, -0.2) is 18.0 Å². The third-order valence-corrected chi connectivity index (χ3v) is 9.68. The van der Waals surface area contributed by atoms with Gasteiger partial charge in [-0.05, 0) is 82.6 Å². The molecule has 1 saturated carbocycles. The largest absolute Gasteiger partial charge is 0.487 e. The number of carbonyl (C=O) groups is 2. The number of ether oxygens (including phenoxy) is 2. The molecule has 2 aromatic carbocycles. The number of carboxylic acids is 1. The Labute approximate surface area is 272 Å². The molecule has 1 fully saturated rings. The molecule has 13 heteroatoms. The second kappa shape index (κ2) is 16.8. The third-order valence-electron chi connectivity index (χ3n) is 8.14. The van der Waals surface area contributed by atoms with Crippen LogP contribution in [0.1, 0.15) is 86.6 Å². The fraction of sp³-hybridized carbons (Fsp3) is 0.545. The van der Waals surface area contributed by atoms with Crippen LogP contribution in [0.3, 0.4) is 0 Å². The summed E-state index contributed by atoms with van der Waals surface area (Å²) in [5.41, 5.74) is 11.5. The quantitative estimate of drug-likeness (QED) is 0.0943. The highest BCUT2D eigenvalue weighted by Crippen LogP contribution is 2.43. The molecule has 46 heavy (non-hydrogen) atoms. The molecular weight excluding hydrogens is 610 g/mol. The summed E-state index contributed by atoms with van der Waals surface area (Å²) < 4.78 is 37.3. The molecule has 0 unspecified atom stereocenters. The Hall–Kier alpha value is -3.68. The molecule has 12 nitrogen and oxygen atoms in total. The number of benzene rings is 2. The Bertz CT molecular complexity index is 1470. The molecule has 0 bridgehead atoms. The number of alkyl carbamates (subject to hydrolysis) is 1. The first-order chi connectivity index (χ1) is 21.7. The fourth-order valence-electron chi connectivity index (χ4n) is 5.60. The van der Waals surface area contributed by atoms with E-state index in [1.807, 2.05) is 39.0 Å². The number of aliphatic carboxylic acids is 1. The average molecular weight is 660 g/mol. The van der Waals surface area contributed by atoms with Gasteiger partial charge in [0.1, 0.15) is 24.0 Å². The van der Waals surface area contributed by atoms with Crippen molar-refractivity contribution in [2.24, 2.45) is 10.7 Å². The van der Waals surface area contributed by atoms with E-state index < -0.39 is 33.7 Å². The molecule has 0 aromatic heterocycles. The van der Waals surface area contributed by atoms with Gasteiger partial charge in [-0.1, -0.05) is 49.6 Å². The molecule has 6 N–H and O–H groups in total. The summed E-state index contributed by atoms with van der Waals surface area (Å²) in [6, 6.07) is 8.43. The minimum Gasteiger partial charge on any atom is -0.487 e. The van der Waals surface area contributed by atoms with E-state index in [1.165, 1.54) is 38.4 Å². The minimum atomic E-state index is -3.91. The van der Waals surface area contributed by atoms with E-state index in [2.05, 4.69) is 20.6 Å². The normalized spacial score (nSPS) is 16.5. The summed E-state index contributed by atoms with van der Waals surface area (Å²) in [6.07, 6.45) is 8.10. The number of hydrogen-bond donors (Lipinski definition) is 5. The number of amides is 1. The van der Waals surface area contributed by atoms with Gasteiger partial charge in [0, 0.05) is 24.6 Å². The van der Waals surface area contributed by atoms with Gasteiger partial charge >= 0.3 is 12.1 Å². The lowest BCUT2D eigenvalue weighted by molar-refractivity contribution is -0.139. The number of rotatable bonds is 12. The lowest BCUT2D eigenvalue weighted by Gasteiger charge is -2.19. The first kappa shape index (κ1) is 36.8. The Kier molecular flexibility index (Phi) is 13.4. The zero-order valence-corrected chi connectivity index (χ0v) is 28.3. The van der Waals surface area contributed by atoms with Crippen molar-refractivity contribution < 1.29 is 32.6 Å². The van der Waals surface area contributed by atoms with Crippen molar-refractivity contribution in [1.82, 2.24) is 15.6 Å². The third kappa shape index (κ3) is 10.7. The lowest BCUT2D eigenvalue weighted by Crippen LogP contribution is -2.41. The predicted molar refractivity (Wildman–Crippen MR) is 177 cm³/mol. The van der Waals surface area contributed by atoms with E-state index in [1.54, 1.807) is 26.0 Å². The SMILES string of the molecule is Cc1c(C)c(S(=O)(=O)NNC=NCCC[C@H](NC(=O)OCc2ccccc2)C(=O)O)c(C)c2c1OC(C)(C)C2.NC1CCCCC1. The number of nitrogens with two attached hydrogens (primary N) is 1. The minimum absolute atomic E-state index is 0.0285. The van der Waals surface area contributed by atoms with Crippen molar-refractivity contribution in [2.45, 2.75) is 115 Å². The molecule has 1 atom stereocenters. The van der Waals surface area contributed by atoms with Crippen molar-refractivity contribution in [2.75, 3.05) is 6.54 Å². The molecule has 254 valence electrons. The molecule has 1 amide bonds. The van der Waals surface area contributed by atoms with Gasteiger partial charge in [-0.2, -0.15) is 0 Å². The second-order valence-corrected chi connectivity index (χ2v) is 14.1. The summed E-state index contributed by atoms with van der Waals surface area (Å²) in [6.45, 7) is 9.57. The molecule has 1 heterocycles. The summed E-state index contributed by atoms with van der Waals surface area (Å²) in [4.78, 5) is 30.1. The van der Waals surface area contributed by atoms with Crippen LogP contribution in [-0.4, -0.2) is 56.2 Å². The molecule has 0 saturated heterocycles. The van der Waals surface area contributed by atoms with Gasteiger partial charge in [0.25, 0.3) is 10.0 Å². The number of nitrogens with zero attached hydrogens (tertiary/aromatic N) is 1. The van der Waals surface area contributed by atoms with Crippen LogP contribution < -0.4 is 26.0 Å². The average Bonchev–Trinajstić information content (AvgIpc) is 3.34. The second-order valence-electron chi connectivity index (χ2n) is 12.5. The van der Waals surface area contributed by atoms with Crippen LogP contribution in [-0.2, 0) is 32.6 Å². The highest BCUT2D eigenvalue weighted by atomic mass is 32.2. The highest BCUT2D eigenvalue weighted by Gasteiger charge is 2.36. The monoisotopic (exact) mass is 659 g/mol.